The average molecular weight is 271 g/mol. The van der Waals surface area contributed by atoms with Crippen LogP contribution in [0.2, 0.25) is 0 Å². The van der Waals surface area contributed by atoms with Gasteiger partial charge in [-0.25, -0.2) is 0 Å². The van der Waals surface area contributed by atoms with E-state index in [0.717, 1.165) is 18.7 Å². The van der Waals surface area contributed by atoms with Gasteiger partial charge in [0.15, 0.2) is 11.6 Å². The lowest BCUT2D eigenvalue weighted by Gasteiger charge is -2.06. The van der Waals surface area contributed by atoms with Crippen LogP contribution in [0.3, 0.4) is 0 Å². The van der Waals surface area contributed by atoms with Crippen LogP contribution in [0.4, 0.5) is 19.0 Å². The molecular weight excluding hydrogens is 259 g/mol. The van der Waals surface area contributed by atoms with Gasteiger partial charge >= 0.3 is 6.18 Å². The molecule has 0 fully saturated rings. The molecule has 4 nitrogen and oxygen atoms in total. The number of rotatable bonds is 3. The Morgan fingerprint density at radius 1 is 1.32 bits per heavy atom. The van der Waals surface area contributed by atoms with Gasteiger partial charge in [0.05, 0.1) is 5.56 Å². The molecule has 0 unspecified atom stereocenters. The van der Waals surface area contributed by atoms with Gasteiger partial charge in [0, 0.05) is 11.8 Å². The Morgan fingerprint density at radius 2 is 2.05 bits per heavy atom. The van der Waals surface area contributed by atoms with E-state index in [-0.39, 0.29) is 5.82 Å². The van der Waals surface area contributed by atoms with Crippen molar-refractivity contribution in [2.75, 3.05) is 5.73 Å². The standard InChI is InChI=1S/C12H12F3N3O/c1-2-3-8-10(19-18-11(8)16)9-5-4-7(6-17-9)12(13,14)15/h4-6H,2-3H2,1H3,(H2,16,18). The summed E-state index contributed by atoms with van der Waals surface area (Å²) < 4.78 is 42.3. The van der Waals surface area contributed by atoms with E-state index in [1.54, 1.807) is 0 Å². The first kappa shape index (κ1) is 13.4. The monoisotopic (exact) mass is 271 g/mol. The molecule has 0 bridgehead atoms. The molecule has 0 aliphatic rings. The molecule has 0 saturated carbocycles. The SMILES string of the molecule is CCCc1c(N)noc1-c1ccc(C(F)(F)F)cn1. The van der Waals surface area contributed by atoms with Crippen molar-refractivity contribution in [3.05, 3.63) is 29.5 Å². The molecule has 102 valence electrons. The first-order valence-corrected chi connectivity index (χ1v) is 5.71. The minimum Gasteiger partial charge on any atom is -0.381 e. The maximum absolute atomic E-state index is 12.4. The highest BCUT2D eigenvalue weighted by Crippen LogP contribution is 2.31. The number of nitrogen functional groups attached to an aromatic ring is 1. The van der Waals surface area contributed by atoms with Gasteiger partial charge in [0.25, 0.3) is 0 Å². The number of aromatic nitrogens is 2. The molecule has 0 aliphatic heterocycles. The van der Waals surface area contributed by atoms with E-state index < -0.39 is 11.7 Å². The van der Waals surface area contributed by atoms with Gasteiger partial charge in [-0.1, -0.05) is 18.5 Å². The molecule has 2 rings (SSSR count). The molecule has 7 heteroatoms. The van der Waals surface area contributed by atoms with E-state index in [1.165, 1.54) is 6.07 Å². The summed E-state index contributed by atoms with van der Waals surface area (Å²) in [6, 6.07) is 2.21. The predicted molar refractivity (Wildman–Crippen MR) is 63.1 cm³/mol. The number of hydrogen-bond acceptors (Lipinski definition) is 4. The highest BCUT2D eigenvalue weighted by atomic mass is 19.4. The number of nitrogens with zero attached hydrogens (tertiary/aromatic N) is 2. The summed E-state index contributed by atoms with van der Waals surface area (Å²) >= 11 is 0. The van der Waals surface area contributed by atoms with Crippen LogP contribution in [0.25, 0.3) is 11.5 Å². The molecule has 0 aromatic carbocycles. The van der Waals surface area contributed by atoms with Crippen molar-refractivity contribution in [1.29, 1.82) is 0 Å². The second-order valence-electron chi connectivity index (χ2n) is 4.06. The lowest BCUT2D eigenvalue weighted by atomic mass is 10.1. The molecule has 0 atom stereocenters. The van der Waals surface area contributed by atoms with Crippen LogP contribution in [-0.4, -0.2) is 10.1 Å². The summed E-state index contributed by atoms with van der Waals surface area (Å²) in [6.45, 7) is 1.95. The molecule has 0 amide bonds. The second kappa shape index (κ2) is 4.91. The lowest BCUT2D eigenvalue weighted by molar-refractivity contribution is -0.137. The summed E-state index contributed by atoms with van der Waals surface area (Å²) in [7, 11) is 0. The smallest absolute Gasteiger partial charge is 0.381 e. The van der Waals surface area contributed by atoms with Gasteiger partial charge < -0.3 is 10.3 Å². The van der Waals surface area contributed by atoms with Crippen LogP contribution in [0, 0.1) is 0 Å². The van der Waals surface area contributed by atoms with Gasteiger partial charge in [-0.2, -0.15) is 13.2 Å². The third-order valence-electron chi connectivity index (χ3n) is 2.64. The van der Waals surface area contributed by atoms with E-state index in [2.05, 4.69) is 10.1 Å². The number of pyridine rings is 1. The summed E-state index contributed by atoms with van der Waals surface area (Å²) in [5, 5.41) is 3.62. The van der Waals surface area contributed by atoms with Crippen LogP contribution in [0.15, 0.2) is 22.9 Å². The number of anilines is 1. The molecular formula is C12H12F3N3O. The molecule has 0 radical (unpaired) electrons. The Balaban J connectivity index is 2.38. The largest absolute Gasteiger partial charge is 0.417 e. The van der Waals surface area contributed by atoms with E-state index in [0.29, 0.717) is 23.4 Å². The van der Waals surface area contributed by atoms with Crippen LogP contribution in [0.1, 0.15) is 24.5 Å². The van der Waals surface area contributed by atoms with Gasteiger partial charge in [-0.3, -0.25) is 4.98 Å². The highest BCUT2D eigenvalue weighted by Gasteiger charge is 2.31. The molecule has 2 aromatic heterocycles. The van der Waals surface area contributed by atoms with Crippen LogP contribution >= 0.6 is 0 Å². The highest BCUT2D eigenvalue weighted by molar-refractivity contribution is 5.62. The van der Waals surface area contributed by atoms with Gasteiger partial charge in [0.1, 0.15) is 5.69 Å². The third kappa shape index (κ3) is 2.69. The van der Waals surface area contributed by atoms with Crippen molar-refractivity contribution in [2.24, 2.45) is 0 Å². The number of hydrogen-bond donors (Lipinski definition) is 1. The van der Waals surface area contributed by atoms with Crippen molar-refractivity contribution >= 4 is 5.82 Å². The zero-order valence-corrected chi connectivity index (χ0v) is 10.2. The Kier molecular flexibility index (Phi) is 3.46. The van der Waals surface area contributed by atoms with Gasteiger partial charge in [-0.05, 0) is 18.6 Å². The van der Waals surface area contributed by atoms with E-state index in [9.17, 15) is 13.2 Å². The van der Waals surface area contributed by atoms with Crippen molar-refractivity contribution in [3.8, 4) is 11.5 Å². The van der Waals surface area contributed by atoms with Crippen molar-refractivity contribution < 1.29 is 17.7 Å². The number of alkyl halides is 3. The van der Waals surface area contributed by atoms with Crippen LogP contribution in [-0.2, 0) is 12.6 Å². The van der Waals surface area contributed by atoms with E-state index in [1.807, 2.05) is 6.92 Å². The maximum Gasteiger partial charge on any atom is 0.417 e. The minimum atomic E-state index is -4.40. The van der Waals surface area contributed by atoms with Gasteiger partial charge in [0.2, 0.25) is 0 Å². The van der Waals surface area contributed by atoms with E-state index in [4.69, 9.17) is 10.3 Å². The summed E-state index contributed by atoms with van der Waals surface area (Å²) in [4.78, 5) is 3.76. The van der Waals surface area contributed by atoms with E-state index >= 15 is 0 Å². The molecule has 2 aromatic rings. The summed E-state index contributed by atoms with van der Waals surface area (Å²) in [6.07, 6.45) is -2.19. The number of nitrogens with two attached hydrogens (primary N) is 1. The normalized spacial score (nSPS) is 11.8. The lowest BCUT2D eigenvalue weighted by Crippen LogP contribution is -2.05. The molecule has 2 N–H and O–H groups in total. The first-order chi connectivity index (χ1) is 8.93. The molecule has 19 heavy (non-hydrogen) atoms. The van der Waals surface area contributed by atoms with Crippen LogP contribution in [0.5, 0.6) is 0 Å². The maximum atomic E-state index is 12.4. The summed E-state index contributed by atoms with van der Waals surface area (Å²) in [5.41, 5.74) is 5.81. The minimum absolute atomic E-state index is 0.249. The first-order valence-electron chi connectivity index (χ1n) is 5.71. The fraction of sp³-hybridized carbons (Fsp3) is 0.333. The Hall–Kier alpha value is -2.05. The zero-order valence-electron chi connectivity index (χ0n) is 10.2. The van der Waals surface area contributed by atoms with Crippen molar-refractivity contribution in [1.82, 2.24) is 10.1 Å². The van der Waals surface area contributed by atoms with Gasteiger partial charge in [-0.15, -0.1) is 0 Å². The molecule has 0 aliphatic carbocycles. The fourth-order valence-electron chi connectivity index (χ4n) is 1.71. The Bertz CT molecular complexity index is 561. The third-order valence-corrected chi connectivity index (χ3v) is 2.64. The second-order valence-corrected chi connectivity index (χ2v) is 4.06. The quantitative estimate of drug-likeness (QED) is 0.930. The summed E-state index contributed by atoms with van der Waals surface area (Å²) in [5.74, 6) is 0.576. The molecule has 2 heterocycles. The van der Waals surface area contributed by atoms with Crippen molar-refractivity contribution in [2.45, 2.75) is 25.9 Å². The predicted octanol–water partition coefficient (Wildman–Crippen LogP) is 3.29. The molecule has 0 spiro atoms. The van der Waals surface area contributed by atoms with Crippen molar-refractivity contribution in [3.63, 3.8) is 0 Å². The topological polar surface area (TPSA) is 64.9 Å². The average Bonchev–Trinajstić information content (AvgIpc) is 2.71. The fourth-order valence-corrected chi connectivity index (χ4v) is 1.71. The zero-order chi connectivity index (χ0) is 14.0. The Labute approximate surface area is 107 Å². The van der Waals surface area contributed by atoms with Crippen LogP contribution < -0.4 is 5.73 Å². The number of halogens is 3. The Morgan fingerprint density at radius 3 is 2.58 bits per heavy atom. The molecule has 0 saturated heterocycles.